The summed E-state index contributed by atoms with van der Waals surface area (Å²) in [6.45, 7) is 2.23. The molecule has 0 saturated heterocycles. The van der Waals surface area contributed by atoms with Crippen molar-refractivity contribution in [2.75, 3.05) is 0 Å². The fraction of sp³-hybridized carbons (Fsp3) is 0.857. The Morgan fingerprint density at radius 1 is 0.800 bits per heavy atom. The van der Waals surface area contributed by atoms with E-state index >= 15 is 0 Å². The molecule has 0 fully saturated rings. The van der Waals surface area contributed by atoms with Gasteiger partial charge in [-0.2, -0.15) is 8.42 Å². The second-order valence-corrected chi connectivity index (χ2v) is 6.16. The third-order valence-corrected chi connectivity index (χ3v) is 3.53. The molecule has 112 valence electrons. The molecule has 0 aliphatic rings. The number of hydrogen-bond donors (Lipinski definition) is 1. The molecule has 20 heavy (non-hydrogen) atoms. The van der Waals surface area contributed by atoms with Gasteiger partial charge in [0.25, 0.3) is 10.1 Å². The quantitative estimate of drug-likeness (QED) is 0.340. The van der Waals surface area contributed by atoms with Crippen molar-refractivity contribution >= 4 is 69.2 Å². The maximum absolute atomic E-state index is 10.4. The second kappa shape index (κ2) is 18.7. The van der Waals surface area contributed by atoms with Crippen molar-refractivity contribution in [3.05, 3.63) is 11.5 Å². The molecule has 0 heterocycles. The second-order valence-electron chi connectivity index (χ2n) is 4.86. The normalized spacial score (nSPS) is 11.1. The summed E-state index contributed by atoms with van der Waals surface area (Å²) in [6.07, 6.45) is 15.0. The first-order valence-corrected chi connectivity index (χ1v) is 8.70. The van der Waals surface area contributed by atoms with Gasteiger partial charge < -0.3 is 0 Å². The van der Waals surface area contributed by atoms with E-state index in [1.54, 1.807) is 0 Å². The molecule has 0 bridgehead atoms. The van der Waals surface area contributed by atoms with E-state index in [0.717, 1.165) is 24.7 Å². The molecule has 0 aromatic heterocycles. The summed E-state index contributed by atoms with van der Waals surface area (Å²) in [7, 11) is -3.92. The van der Waals surface area contributed by atoms with Crippen molar-refractivity contribution < 1.29 is 13.0 Å². The molecule has 0 aromatic carbocycles. The number of unbranched alkanes of at least 4 members (excludes halogenated alkanes) is 10. The Hall–Kier alpha value is 1.65. The molecular weight excluding hydrogens is 294 g/mol. The molecule has 0 amide bonds. The van der Waals surface area contributed by atoms with Gasteiger partial charge in [-0.05, 0) is 12.8 Å². The standard InChI is InChI=1S/C14H28O3S.2Na.2H/c1-2-3-4-5-6-7-8-9-10-11-12-13-14-18(15,16)17;;;;/h13-14H,2-12H2,1H3,(H,15,16,17);;;;. The third-order valence-electron chi connectivity index (χ3n) is 2.99. The van der Waals surface area contributed by atoms with Crippen molar-refractivity contribution in [2.45, 2.75) is 77.6 Å². The zero-order chi connectivity index (χ0) is 13.7. The molecule has 6 heteroatoms. The van der Waals surface area contributed by atoms with E-state index in [2.05, 4.69) is 6.92 Å². The van der Waals surface area contributed by atoms with Crippen molar-refractivity contribution in [1.29, 1.82) is 0 Å². The Bertz CT molecular complexity index is 304. The molecule has 0 radical (unpaired) electrons. The zero-order valence-electron chi connectivity index (χ0n) is 11.6. The SMILES string of the molecule is CCCCCCCCCCCCC=CS(=O)(=O)O.[NaH].[NaH]. The van der Waals surface area contributed by atoms with Gasteiger partial charge in [0, 0.05) is 0 Å². The molecular formula is C14H30Na2O3S. The Morgan fingerprint density at radius 2 is 1.20 bits per heavy atom. The summed E-state index contributed by atoms with van der Waals surface area (Å²) >= 11 is 0. The summed E-state index contributed by atoms with van der Waals surface area (Å²) in [4.78, 5) is 0. The molecule has 0 atom stereocenters. The van der Waals surface area contributed by atoms with Crippen LogP contribution in [-0.4, -0.2) is 72.1 Å². The summed E-state index contributed by atoms with van der Waals surface area (Å²) in [5.41, 5.74) is 0. The minimum absolute atomic E-state index is 0. The average Bonchev–Trinajstić information content (AvgIpc) is 2.29. The van der Waals surface area contributed by atoms with Crippen LogP contribution in [0.3, 0.4) is 0 Å². The van der Waals surface area contributed by atoms with Crippen LogP contribution in [0.15, 0.2) is 11.5 Å². The molecule has 0 aliphatic heterocycles. The first-order valence-electron chi connectivity index (χ1n) is 7.20. The minimum atomic E-state index is -3.92. The molecule has 3 nitrogen and oxygen atoms in total. The fourth-order valence-corrected chi connectivity index (χ4v) is 2.32. The van der Waals surface area contributed by atoms with E-state index in [4.69, 9.17) is 4.55 Å². The van der Waals surface area contributed by atoms with Crippen molar-refractivity contribution in [3.63, 3.8) is 0 Å². The van der Waals surface area contributed by atoms with Crippen molar-refractivity contribution in [3.8, 4) is 0 Å². The first-order chi connectivity index (χ1) is 8.56. The van der Waals surface area contributed by atoms with Gasteiger partial charge in [0.1, 0.15) is 0 Å². The third kappa shape index (κ3) is 24.7. The van der Waals surface area contributed by atoms with Crippen molar-refractivity contribution in [2.24, 2.45) is 0 Å². The van der Waals surface area contributed by atoms with Gasteiger partial charge in [-0.25, -0.2) is 0 Å². The summed E-state index contributed by atoms with van der Waals surface area (Å²) < 4.78 is 29.2. The van der Waals surface area contributed by atoms with Crippen LogP contribution in [0.5, 0.6) is 0 Å². The van der Waals surface area contributed by atoms with Gasteiger partial charge in [-0.15, -0.1) is 0 Å². The predicted molar refractivity (Wildman–Crippen MR) is 91.4 cm³/mol. The van der Waals surface area contributed by atoms with Crippen LogP contribution in [0.4, 0.5) is 0 Å². The number of rotatable bonds is 12. The first kappa shape index (κ1) is 26.5. The molecule has 0 aliphatic carbocycles. The van der Waals surface area contributed by atoms with E-state index in [1.807, 2.05) is 0 Å². The number of allylic oxidation sites excluding steroid dienone is 1. The Balaban J connectivity index is -0.00000144. The maximum atomic E-state index is 10.4. The Morgan fingerprint density at radius 3 is 1.60 bits per heavy atom. The average molecular weight is 324 g/mol. The van der Waals surface area contributed by atoms with Gasteiger partial charge in [0.15, 0.2) is 0 Å². The predicted octanol–water partition coefficient (Wildman–Crippen LogP) is 3.40. The van der Waals surface area contributed by atoms with Crippen LogP contribution in [-0.2, 0) is 10.1 Å². The molecule has 0 aromatic rings. The molecule has 0 unspecified atom stereocenters. The van der Waals surface area contributed by atoms with Crippen LogP contribution < -0.4 is 0 Å². The number of hydrogen-bond acceptors (Lipinski definition) is 2. The summed E-state index contributed by atoms with van der Waals surface area (Å²) in [5, 5.41) is 0.876. The zero-order valence-corrected chi connectivity index (χ0v) is 12.4. The van der Waals surface area contributed by atoms with E-state index in [0.29, 0.717) is 0 Å². The van der Waals surface area contributed by atoms with Gasteiger partial charge in [-0.3, -0.25) is 4.55 Å². The van der Waals surface area contributed by atoms with Crippen LogP contribution >= 0.6 is 0 Å². The van der Waals surface area contributed by atoms with Gasteiger partial charge in [0.05, 0.1) is 5.41 Å². The van der Waals surface area contributed by atoms with E-state index < -0.39 is 10.1 Å². The van der Waals surface area contributed by atoms with E-state index in [1.165, 1.54) is 57.4 Å². The molecule has 0 rings (SSSR count). The Kier molecular flexibility index (Phi) is 24.8. The van der Waals surface area contributed by atoms with Gasteiger partial charge in [-0.1, -0.05) is 70.8 Å². The van der Waals surface area contributed by atoms with E-state index in [9.17, 15) is 8.42 Å². The van der Waals surface area contributed by atoms with Crippen molar-refractivity contribution in [1.82, 2.24) is 0 Å². The summed E-state index contributed by atoms with van der Waals surface area (Å²) in [6, 6.07) is 0. The van der Waals surface area contributed by atoms with Crippen LogP contribution in [0.1, 0.15) is 77.6 Å². The molecule has 0 saturated carbocycles. The molecule has 1 N–H and O–H groups in total. The van der Waals surface area contributed by atoms with Crippen LogP contribution in [0.2, 0.25) is 0 Å². The van der Waals surface area contributed by atoms with Crippen LogP contribution in [0.25, 0.3) is 0 Å². The fourth-order valence-electron chi connectivity index (χ4n) is 1.94. The van der Waals surface area contributed by atoms with E-state index in [-0.39, 0.29) is 59.1 Å². The monoisotopic (exact) mass is 324 g/mol. The summed E-state index contributed by atoms with van der Waals surface area (Å²) in [5.74, 6) is 0. The molecule has 0 spiro atoms. The van der Waals surface area contributed by atoms with Gasteiger partial charge in [0.2, 0.25) is 0 Å². The van der Waals surface area contributed by atoms with Crippen LogP contribution in [0, 0.1) is 0 Å². The topological polar surface area (TPSA) is 54.4 Å². The van der Waals surface area contributed by atoms with Gasteiger partial charge >= 0.3 is 59.1 Å². The Labute approximate surface area is 169 Å².